The van der Waals surface area contributed by atoms with Gasteiger partial charge in [0.2, 0.25) is 5.91 Å². The molecule has 2 rings (SSSR count). The zero-order valence-electron chi connectivity index (χ0n) is 19.4. The van der Waals surface area contributed by atoms with Crippen LogP contribution in [0.5, 0.6) is 11.5 Å². The van der Waals surface area contributed by atoms with Gasteiger partial charge in [0.25, 0.3) is 5.91 Å². The Hall–Kier alpha value is -3.02. The Morgan fingerprint density at radius 3 is 2.52 bits per heavy atom. The minimum atomic E-state index is -0.644. The van der Waals surface area contributed by atoms with Gasteiger partial charge in [0, 0.05) is 12.6 Å². The molecule has 6 nitrogen and oxygen atoms in total. The largest absolute Gasteiger partial charge is 0.497 e. The first-order valence-corrected chi connectivity index (χ1v) is 10.7. The lowest BCUT2D eigenvalue weighted by molar-refractivity contribution is -0.142. The van der Waals surface area contributed by atoms with Gasteiger partial charge in [-0.25, -0.2) is 0 Å². The smallest absolute Gasteiger partial charge is 0.261 e. The van der Waals surface area contributed by atoms with Gasteiger partial charge < -0.3 is 19.7 Å². The van der Waals surface area contributed by atoms with Crippen molar-refractivity contribution in [1.82, 2.24) is 10.2 Å². The first-order valence-electron chi connectivity index (χ1n) is 10.7. The Morgan fingerprint density at radius 1 is 1.10 bits per heavy atom. The van der Waals surface area contributed by atoms with Gasteiger partial charge in [-0.3, -0.25) is 9.59 Å². The Labute approximate surface area is 185 Å². The highest BCUT2D eigenvalue weighted by Gasteiger charge is 2.27. The number of aryl methyl sites for hydroxylation is 2. The van der Waals surface area contributed by atoms with Crippen LogP contribution in [0.2, 0.25) is 0 Å². The van der Waals surface area contributed by atoms with Gasteiger partial charge >= 0.3 is 0 Å². The quantitative estimate of drug-likeness (QED) is 0.623. The molecule has 2 amide bonds. The van der Waals surface area contributed by atoms with Gasteiger partial charge in [-0.1, -0.05) is 31.2 Å². The number of nitrogens with zero attached hydrogens (tertiary/aromatic N) is 1. The van der Waals surface area contributed by atoms with E-state index in [0.717, 1.165) is 23.1 Å². The summed E-state index contributed by atoms with van der Waals surface area (Å²) in [6.07, 6.45) is 0.817. The second-order valence-corrected chi connectivity index (χ2v) is 7.92. The van der Waals surface area contributed by atoms with E-state index in [2.05, 4.69) is 5.32 Å². The lowest BCUT2D eigenvalue weighted by atomic mass is 10.1. The number of benzene rings is 2. The molecule has 0 saturated carbocycles. The molecule has 31 heavy (non-hydrogen) atoms. The zero-order valence-corrected chi connectivity index (χ0v) is 19.4. The maximum absolute atomic E-state index is 13.2. The van der Waals surface area contributed by atoms with E-state index in [1.165, 1.54) is 0 Å². The number of carbonyl (C=O) groups excluding carboxylic acids is 2. The molecule has 0 bridgehead atoms. The lowest BCUT2D eigenvalue weighted by Crippen LogP contribution is -2.50. The molecule has 0 saturated heterocycles. The molecule has 2 atom stereocenters. The molecule has 2 aromatic carbocycles. The average molecular weight is 427 g/mol. The zero-order chi connectivity index (χ0) is 23.0. The summed E-state index contributed by atoms with van der Waals surface area (Å²) in [4.78, 5) is 27.5. The fraction of sp³-hybridized carbons (Fsp3) is 0.440. The van der Waals surface area contributed by atoms with Crippen LogP contribution in [0.1, 0.15) is 43.9 Å². The highest BCUT2D eigenvalue weighted by Crippen LogP contribution is 2.20. The van der Waals surface area contributed by atoms with E-state index in [0.29, 0.717) is 11.5 Å². The molecular formula is C25H34N2O4. The molecule has 168 valence electrons. The number of amides is 2. The van der Waals surface area contributed by atoms with Crippen molar-refractivity contribution in [2.45, 2.75) is 59.7 Å². The first-order chi connectivity index (χ1) is 14.7. The SMILES string of the molecule is CC[C@@H](C)NC(=O)[C@@H](C)N(Cc1cccc(OC)c1)C(=O)COc1cc(C)ccc1C. The minimum absolute atomic E-state index is 0.0370. The molecule has 6 heteroatoms. The van der Waals surface area contributed by atoms with Gasteiger partial charge in [-0.15, -0.1) is 0 Å². The van der Waals surface area contributed by atoms with Crippen LogP contribution in [0.25, 0.3) is 0 Å². The van der Waals surface area contributed by atoms with E-state index in [-0.39, 0.29) is 31.0 Å². The van der Waals surface area contributed by atoms with Crippen LogP contribution in [-0.2, 0) is 16.1 Å². The second kappa shape index (κ2) is 11.4. The van der Waals surface area contributed by atoms with Gasteiger partial charge in [0.05, 0.1) is 7.11 Å². The summed E-state index contributed by atoms with van der Waals surface area (Å²) in [7, 11) is 1.60. The highest BCUT2D eigenvalue weighted by atomic mass is 16.5. The van der Waals surface area contributed by atoms with Crippen LogP contribution in [0.15, 0.2) is 42.5 Å². The van der Waals surface area contributed by atoms with Crippen molar-refractivity contribution >= 4 is 11.8 Å². The number of hydrogen-bond acceptors (Lipinski definition) is 4. The lowest BCUT2D eigenvalue weighted by Gasteiger charge is -2.29. The van der Waals surface area contributed by atoms with E-state index >= 15 is 0 Å². The van der Waals surface area contributed by atoms with E-state index in [1.807, 2.05) is 70.2 Å². The summed E-state index contributed by atoms with van der Waals surface area (Å²) < 4.78 is 11.1. The van der Waals surface area contributed by atoms with Crippen molar-refractivity contribution < 1.29 is 19.1 Å². The Morgan fingerprint density at radius 2 is 1.84 bits per heavy atom. The van der Waals surface area contributed by atoms with Crippen molar-refractivity contribution in [3.05, 3.63) is 59.2 Å². The third-order valence-corrected chi connectivity index (χ3v) is 5.35. The van der Waals surface area contributed by atoms with Crippen LogP contribution in [0.3, 0.4) is 0 Å². The molecule has 0 aromatic heterocycles. The van der Waals surface area contributed by atoms with Gasteiger partial charge in [-0.05, 0) is 69.0 Å². The monoisotopic (exact) mass is 426 g/mol. The van der Waals surface area contributed by atoms with Crippen molar-refractivity contribution in [3.63, 3.8) is 0 Å². The predicted molar refractivity (Wildman–Crippen MR) is 122 cm³/mol. The average Bonchev–Trinajstić information content (AvgIpc) is 2.77. The third-order valence-electron chi connectivity index (χ3n) is 5.35. The predicted octanol–water partition coefficient (Wildman–Crippen LogP) is 4.02. The van der Waals surface area contributed by atoms with Crippen LogP contribution < -0.4 is 14.8 Å². The normalized spacial score (nSPS) is 12.6. The molecule has 1 N–H and O–H groups in total. The van der Waals surface area contributed by atoms with Gasteiger partial charge in [0.15, 0.2) is 6.61 Å². The van der Waals surface area contributed by atoms with E-state index in [4.69, 9.17) is 9.47 Å². The molecule has 0 aliphatic carbocycles. The topological polar surface area (TPSA) is 67.9 Å². The van der Waals surface area contributed by atoms with E-state index in [9.17, 15) is 9.59 Å². The van der Waals surface area contributed by atoms with Crippen molar-refractivity contribution in [2.24, 2.45) is 0 Å². The number of rotatable bonds is 10. The summed E-state index contributed by atoms with van der Waals surface area (Å²) in [6.45, 7) is 9.75. The van der Waals surface area contributed by atoms with Crippen LogP contribution in [-0.4, -0.2) is 42.5 Å². The molecule has 0 aliphatic rings. The maximum atomic E-state index is 13.2. The standard InChI is InChI=1S/C25H34N2O4/c1-7-19(4)26-25(29)20(5)27(15-21-9-8-10-22(14-21)30-6)24(28)16-31-23-13-17(2)11-12-18(23)3/h8-14,19-20H,7,15-16H2,1-6H3,(H,26,29)/t19-,20-/m1/s1. The van der Waals surface area contributed by atoms with Crippen LogP contribution >= 0.6 is 0 Å². The summed E-state index contributed by atoms with van der Waals surface area (Å²) in [5.41, 5.74) is 2.89. The van der Waals surface area contributed by atoms with Crippen molar-refractivity contribution in [3.8, 4) is 11.5 Å². The molecule has 0 unspecified atom stereocenters. The second-order valence-electron chi connectivity index (χ2n) is 7.92. The Bertz CT molecular complexity index is 897. The number of ether oxygens (including phenoxy) is 2. The maximum Gasteiger partial charge on any atom is 0.261 e. The third kappa shape index (κ3) is 7.02. The molecule has 2 aromatic rings. The molecular weight excluding hydrogens is 392 g/mol. The molecule has 0 aliphatic heterocycles. The van der Waals surface area contributed by atoms with Gasteiger partial charge in [-0.2, -0.15) is 0 Å². The highest BCUT2D eigenvalue weighted by molar-refractivity contribution is 5.88. The fourth-order valence-corrected chi connectivity index (χ4v) is 3.10. The van der Waals surface area contributed by atoms with Crippen molar-refractivity contribution in [2.75, 3.05) is 13.7 Å². The Kier molecular flexibility index (Phi) is 8.91. The number of nitrogens with one attached hydrogen (secondary N) is 1. The first kappa shape index (κ1) is 24.3. The molecule has 0 spiro atoms. The summed E-state index contributed by atoms with van der Waals surface area (Å²) in [6, 6.07) is 12.8. The molecule has 0 heterocycles. The van der Waals surface area contributed by atoms with Gasteiger partial charge in [0.1, 0.15) is 17.5 Å². The molecule has 0 radical (unpaired) electrons. The van der Waals surface area contributed by atoms with Crippen molar-refractivity contribution in [1.29, 1.82) is 0 Å². The number of carbonyl (C=O) groups is 2. The van der Waals surface area contributed by atoms with Crippen LogP contribution in [0.4, 0.5) is 0 Å². The summed E-state index contributed by atoms with van der Waals surface area (Å²) in [5, 5.41) is 2.97. The summed E-state index contributed by atoms with van der Waals surface area (Å²) in [5.74, 6) is 0.937. The molecule has 0 fully saturated rings. The van der Waals surface area contributed by atoms with E-state index in [1.54, 1.807) is 18.9 Å². The Balaban J connectivity index is 2.21. The summed E-state index contributed by atoms with van der Waals surface area (Å²) >= 11 is 0. The minimum Gasteiger partial charge on any atom is -0.497 e. The fourth-order valence-electron chi connectivity index (χ4n) is 3.10. The number of hydrogen-bond donors (Lipinski definition) is 1. The number of methoxy groups -OCH3 is 1. The van der Waals surface area contributed by atoms with Crippen LogP contribution in [0, 0.1) is 13.8 Å². The van der Waals surface area contributed by atoms with E-state index < -0.39 is 6.04 Å².